The molecule has 0 heterocycles. The van der Waals surface area contributed by atoms with Crippen molar-refractivity contribution in [3.63, 3.8) is 0 Å². The van der Waals surface area contributed by atoms with E-state index in [0.29, 0.717) is 6.29 Å². The number of ether oxygens (including phenoxy) is 1. The van der Waals surface area contributed by atoms with Crippen molar-refractivity contribution in [1.29, 1.82) is 0 Å². The van der Waals surface area contributed by atoms with Gasteiger partial charge < -0.3 is 4.74 Å². The minimum atomic E-state index is -0.703. The summed E-state index contributed by atoms with van der Waals surface area (Å²) in [5, 5.41) is 9.79. The van der Waals surface area contributed by atoms with Crippen molar-refractivity contribution in [3.8, 4) is 5.75 Å². The van der Waals surface area contributed by atoms with Crippen LogP contribution in [0.4, 0.5) is 5.69 Å². The van der Waals surface area contributed by atoms with Gasteiger partial charge in [0.25, 0.3) is 10.9 Å². The Morgan fingerprint density at radius 2 is 2.25 bits per heavy atom. The predicted octanol–water partition coefficient (Wildman–Crippen LogP) is 1.55. The van der Waals surface area contributed by atoms with E-state index in [0.717, 1.165) is 6.07 Å². The predicted molar refractivity (Wildman–Crippen MR) is 54.8 cm³/mol. The molecule has 1 aromatic carbocycles. The van der Waals surface area contributed by atoms with Crippen LogP contribution in [0.1, 0.15) is 10.4 Å². The second-order valence-corrected chi connectivity index (χ2v) is 3.16. The van der Waals surface area contributed by atoms with Crippen LogP contribution in [0.2, 0.25) is 0 Å². The Hall–Kier alpha value is -1.95. The lowest BCUT2D eigenvalue weighted by atomic mass is 10.2. The van der Waals surface area contributed by atoms with Gasteiger partial charge in [-0.1, -0.05) is 0 Å². The van der Waals surface area contributed by atoms with Gasteiger partial charge in [-0.05, 0) is 23.7 Å². The first-order valence-corrected chi connectivity index (χ1v) is 4.47. The number of nitrogens with zero attached hydrogens (tertiary/aromatic N) is 1. The second-order valence-electron chi connectivity index (χ2n) is 2.74. The minimum absolute atomic E-state index is 0.121. The minimum Gasteiger partial charge on any atom is -0.484 e. The average Bonchev–Trinajstić information content (AvgIpc) is 2.25. The molecule has 1 rings (SSSR count). The van der Waals surface area contributed by atoms with Gasteiger partial charge in [-0.25, -0.2) is 0 Å². The summed E-state index contributed by atoms with van der Waals surface area (Å²) in [4.78, 5) is 30.8. The molecule has 0 fully saturated rings. The number of aldehydes is 1. The molecule has 0 atom stereocenters. The Bertz CT molecular complexity index is 446. The number of carbonyl (C=O) groups excluding carboxylic acids is 2. The fourth-order valence-corrected chi connectivity index (χ4v) is 1.08. The van der Waals surface area contributed by atoms with Crippen LogP contribution >= 0.6 is 11.6 Å². The first-order chi connectivity index (χ1) is 7.54. The molecule has 1 aromatic rings. The van der Waals surface area contributed by atoms with Crippen molar-refractivity contribution in [2.45, 2.75) is 0 Å². The fourth-order valence-electron chi connectivity index (χ4n) is 1.02. The summed E-state index contributed by atoms with van der Waals surface area (Å²) >= 11 is 5.04. The topological polar surface area (TPSA) is 86.5 Å². The Morgan fingerprint density at radius 3 is 2.75 bits per heavy atom. The summed E-state index contributed by atoms with van der Waals surface area (Å²) in [5.41, 5.74) is -0.441. The van der Waals surface area contributed by atoms with Gasteiger partial charge >= 0.3 is 0 Å². The number of halogens is 1. The maximum absolute atomic E-state index is 10.6. The van der Waals surface area contributed by atoms with Gasteiger partial charge in [-0.3, -0.25) is 19.7 Å². The Balaban J connectivity index is 2.95. The number of carbonyl (C=O) groups is 2. The lowest BCUT2D eigenvalue weighted by molar-refractivity contribution is -0.385. The zero-order chi connectivity index (χ0) is 12.1. The normalized spacial score (nSPS) is 9.56. The standard InChI is InChI=1S/C9H6ClNO5/c10-9(13)5-16-7-1-2-8(11(14)15)6(3-7)4-12/h1-4H,5H2. The summed E-state index contributed by atoms with van der Waals surface area (Å²) in [6, 6.07) is 3.58. The van der Waals surface area contributed by atoms with E-state index in [1.807, 2.05) is 0 Å². The molecular weight excluding hydrogens is 238 g/mol. The monoisotopic (exact) mass is 243 g/mol. The van der Waals surface area contributed by atoms with Gasteiger partial charge in [0, 0.05) is 6.07 Å². The third kappa shape index (κ3) is 3.03. The summed E-state index contributed by atoms with van der Waals surface area (Å²) in [5.74, 6) is 0.168. The van der Waals surface area contributed by atoms with Crippen molar-refractivity contribution in [2.75, 3.05) is 6.61 Å². The Morgan fingerprint density at radius 1 is 1.56 bits per heavy atom. The second kappa shape index (κ2) is 5.22. The highest BCUT2D eigenvalue weighted by molar-refractivity contribution is 6.63. The highest BCUT2D eigenvalue weighted by Gasteiger charge is 2.14. The summed E-state index contributed by atoms with van der Waals surface area (Å²) < 4.78 is 4.88. The van der Waals surface area contributed by atoms with Gasteiger partial charge in [0.15, 0.2) is 12.9 Å². The van der Waals surface area contributed by atoms with Crippen molar-refractivity contribution in [1.82, 2.24) is 0 Å². The van der Waals surface area contributed by atoms with E-state index in [1.54, 1.807) is 0 Å². The number of nitro groups is 1. The fraction of sp³-hybridized carbons (Fsp3) is 0.111. The molecule has 6 nitrogen and oxygen atoms in total. The highest BCUT2D eigenvalue weighted by Crippen LogP contribution is 2.22. The van der Waals surface area contributed by atoms with E-state index in [9.17, 15) is 19.7 Å². The molecule has 0 bridgehead atoms. The average molecular weight is 244 g/mol. The molecule has 0 spiro atoms. The molecule has 0 radical (unpaired) electrons. The van der Waals surface area contributed by atoms with Crippen LogP contribution in [-0.2, 0) is 4.79 Å². The van der Waals surface area contributed by atoms with Crippen molar-refractivity contribution >= 4 is 28.8 Å². The van der Waals surface area contributed by atoms with E-state index >= 15 is 0 Å². The summed E-state index contributed by atoms with van der Waals surface area (Å²) in [6.45, 7) is -0.363. The number of nitro benzene ring substituents is 1. The molecular formula is C9H6ClNO5. The molecule has 84 valence electrons. The van der Waals surface area contributed by atoms with E-state index in [-0.39, 0.29) is 23.6 Å². The molecule has 0 saturated carbocycles. The molecule has 16 heavy (non-hydrogen) atoms. The molecule has 7 heteroatoms. The first kappa shape index (κ1) is 12.1. The van der Waals surface area contributed by atoms with Crippen molar-refractivity contribution < 1.29 is 19.2 Å². The molecule has 0 amide bonds. The van der Waals surface area contributed by atoms with Gasteiger partial charge in [-0.2, -0.15) is 0 Å². The lowest BCUT2D eigenvalue weighted by Gasteiger charge is -2.03. The van der Waals surface area contributed by atoms with Crippen LogP contribution < -0.4 is 4.74 Å². The largest absolute Gasteiger partial charge is 0.484 e. The van der Waals surface area contributed by atoms with Crippen LogP contribution in [0, 0.1) is 10.1 Å². The molecule has 0 saturated heterocycles. The molecule has 0 aliphatic carbocycles. The smallest absolute Gasteiger partial charge is 0.280 e. The molecule has 0 N–H and O–H groups in total. The third-order valence-corrected chi connectivity index (χ3v) is 1.78. The quantitative estimate of drug-likeness (QED) is 0.339. The van der Waals surface area contributed by atoms with Crippen LogP contribution in [0.5, 0.6) is 5.75 Å². The van der Waals surface area contributed by atoms with Crippen LogP contribution in [0.3, 0.4) is 0 Å². The third-order valence-electron chi connectivity index (χ3n) is 1.67. The van der Waals surface area contributed by atoms with Crippen molar-refractivity contribution in [2.24, 2.45) is 0 Å². The molecule has 0 aliphatic rings. The maximum atomic E-state index is 10.6. The zero-order valence-corrected chi connectivity index (χ0v) is 8.64. The summed E-state index contributed by atoms with van der Waals surface area (Å²) in [6.07, 6.45) is 0.341. The van der Waals surface area contributed by atoms with E-state index in [4.69, 9.17) is 16.3 Å². The number of benzene rings is 1. The van der Waals surface area contributed by atoms with Gasteiger partial charge in [0.2, 0.25) is 0 Å². The first-order valence-electron chi connectivity index (χ1n) is 4.09. The Kier molecular flexibility index (Phi) is 3.96. The van der Waals surface area contributed by atoms with Crippen LogP contribution in [0.15, 0.2) is 18.2 Å². The van der Waals surface area contributed by atoms with Gasteiger partial charge in [0.05, 0.1) is 10.5 Å². The maximum Gasteiger partial charge on any atom is 0.280 e. The van der Waals surface area contributed by atoms with Crippen LogP contribution in [-0.4, -0.2) is 23.1 Å². The van der Waals surface area contributed by atoms with E-state index in [2.05, 4.69) is 0 Å². The summed E-state index contributed by atoms with van der Waals surface area (Å²) in [7, 11) is 0. The number of hydrogen-bond acceptors (Lipinski definition) is 5. The highest BCUT2D eigenvalue weighted by atomic mass is 35.5. The number of rotatable bonds is 5. The van der Waals surface area contributed by atoms with Crippen LogP contribution in [0.25, 0.3) is 0 Å². The Labute approximate surface area is 94.9 Å². The zero-order valence-electron chi connectivity index (χ0n) is 7.88. The number of hydrogen-bond donors (Lipinski definition) is 0. The van der Waals surface area contributed by atoms with E-state index in [1.165, 1.54) is 12.1 Å². The van der Waals surface area contributed by atoms with Crippen molar-refractivity contribution in [3.05, 3.63) is 33.9 Å². The van der Waals surface area contributed by atoms with Gasteiger partial charge in [0.1, 0.15) is 5.75 Å². The molecule has 0 aromatic heterocycles. The van der Waals surface area contributed by atoms with Gasteiger partial charge in [-0.15, -0.1) is 0 Å². The molecule has 0 aliphatic heterocycles. The molecule has 0 unspecified atom stereocenters. The SMILES string of the molecule is O=Cc1cc(OCC(=O)Cl)ccc1[N+](=O)[O-]. The lowest BCUT2D eigenvalue weighted by Crippen LogP contribution is -2.05. The van der Waals surface area contributed by atoms with E-state index < -0.39 is 10.2 Å².